The average molecular weight is 212 g/mol. The van der Waals surface area contributed by atoms with E-state index in [9.17, 15) is 9.59 Å². The molecule has 0 radical (unpaired) electrons. The number of hydrogen-bond donors (Lipinski definition) is 1. The predicted octanol–water partition coefficient (Wildman–Crippen LogP) is 0.771. The van der Waals surface area contributed by atoms with E-state index in [1.54, 1.807) is 0 Å². The van der Waals surface area contributed by atoms with Crippen LogP contribution < -0.4 is 5.32 Å². The minimum Gasteiger partial charge on any atom is -0.355 e. The van der Waals surface area contributed by atoms with Crippen molar-refractivity contribution in [1.82, 2.24) is 10.2 Å². The zero-order valence-corrected chi connectivity index (χ0v) is 9.58. The molecule has 4 nitrogen and oxygen atoms in total. The summed E-state index contributed by atoms with van der Waals surface area (Å²) in [6.45, 7) is 6.25. The van der Waals surface area contributed by atoms with Crippen LogP contribution in [0.2, 0.25) is 0 Å². The van der Waals surface area contributed by atoms with Crippen LogP contribution in [0.4, 0.5) is 0 Å². The monoisotopic (exact) mass is 212 g/mol. The fraction of sp³-hybridized carbons (Fsp3) is 0.818. The van der Waals surface area contributed by atoms with Crippen LogP contribution in [0.3, 0.4) is 0 Å². The standard InChI is InChI=1S/C11H20N2O2/c1-3-5-13(6-4-2)11(15)9-7-10(14)12-8-9/h9H,3-8H2,1-2H3,(H,12,14). The maximum Gasteiger partial charge on any atom is 0.227 e. The molecule has 1 N–H and O–H groups in total. The highest BCUT2D eigenvalue weighted by Gasteiger charge is 2.30. The maximum absolute atomic E-state index is 12.0. The largest absolute Gasteiger partial charge is 0.355 e. The van der Waals surface area contributed by atoms with Gasteiger partial charge in [0.15, 0.2) is 0 Å². The van der Waals surface area contributed by atoms with Crippen molar-refractivity contribution < 1.29 is 9.59 Å². The molecule has 0 aromatic carbocycles. The van der Waals surface area contributed by atoms with E-state index in [2.05, 4.69) is 19.2 Å². The lowest BCUT2D eigenvalue weighted by molar-refractivity contribution is -0.135. The SMILES string of the molecule is CCCN(CCC)C(=O)C1CNC(=O)C1. The molecular formula is C11H20N2O2. The van der Waals surface area contributed by atoms with Crippen molar-refractivity contribution in [2.24, 2.45) is 5.92 Å². The molecule has 0 aromatic rings. The van der Waals surface area contributed by atoms with Crippen LogP contribution in [0.5, 0.6) is 0 Å². The molecule has 1 aliphatic heterocycles. The van der Waals surface area contributed by atoms with Gasteiger partial charge in [-0.3, -0.25) is 9.59 Å². The minimum absolute atomic E-state index is 0.00120. The Morgan fingerprint density at radius 3 is 2.40 bits per heavy atom. The number of hydrogen-bond acceptors (Lipinski definition) is 2. The summed E-state index contributed by atoms with van der Waals surface area (Å²) in [7, 11) is 0. The summed E-state index contributed by atoms with van der Waals surface area (Å²) in [5, 5.41) is 2.70. The Kier molecular flexibility index (Phi) is 4.59. The van der Waals surface area contributed by atoms with Crippen LogP contribution in [-0.2, 0) is 9.59 Å². The van der Waals surface area contributed by atoms with Crippen LogP contribution in [-0.4, -0.2) is 36.3 Å². The van der Waals surface area contributed by atoms with Crippen molar-refractivity contribution >= 4 is 11.8 Å². The third-order valence-electron chi connectivity index (χ3n) is 2.63. The third-order valence-corrected chi connectivity index (χ3v) is 2.63. The molecule has 0 saturated carbocycles. The predicted molar refractivity (Wildman–Crippen MR) is 58.3 cm³/mol. The highest BCUT2D eigenvalue weighted by molar-refractivity contribution is 5.89. The van der Waals surface area contributed by atoms with Crippen LogP contribution in [0.25, 0.3) is 0 Å². The summed E-state index contributed by atoms with van der Waals surface area (Å²) in [6, 6.07) is 0. The van der Waals surface area contributed by atoms with Gasteiger partial charge in [-0.2, -0.15) is 0 Å². The minimum atomic E-state index is -0.129. The number of rotatable bonds is 5. The Bertz CT molecular complexity index is 235. The lowest BCUT2D eigenvalue weighted by Crippen LogP contribution is -2.38. The summed E-state index contributed by atoms with van der Waals surface area (Å²) >= 11 is 0. The Labute approximate surface area is 91.0 Å². The van der Waals surface area contributed by atoms with Gasteiger partial charge in [-0.25, -0.2) is 0 Å². The van der Waals surface area contributed by atoms with Crippen molar-refractivity contribution in [3.05, 3.63) is 0 Å². The van der Waals surface area contributed by atoms with Gasteiger partial charge < -0.3 is 10.2 Å². The van der Waals surface area contributed by atoms with E-state index in [1.165, 1.54) is 0 Å². The smallest absolute Gasteiger partial charge is 0.227 e. The number of carbonyl (C=O) groups is 2. The molecule has 0 aliphatic carbocycles. The lowest BCUT2D eigenvalue weighted by Gasteiger charge is -2.24. The van der Waals surface area contributed by atoms with Gasteiger partial charge in [0.1, 0.15) is 0 Å². The van der Waals surface area contributed by atoms with Crippen molar-refractivity contribution in [2.45, 2.75) is 33.1 Å². The van der Waals surface area contributed by atoms with E-state index in [0.29, 0.717) is 13.0 Å². The van der Waals surface area contributed by atoms with E-state index >= 15 is 0 Å². The molecule has 1 saturated heterocycles. The molecule has 1 atom stereocenters. The molecular weight excluding hydrogens is 192 g/mol. The average Bonchev–Trinajstić information content (AvgIpc) is 2.63. The maximum atomic E-state index is 12.0. The van der Waals surface area contributed by atoms with Gasteiger partial charge in [0, 0.05) is 26.1 Å². The third kappa shape index (κ3) is 3.22. The summed E-state index contributed by atoms with van der Waals surface area (Å²) in [5.41, 5.74) is 0. The van der Waals surface area contributed by atoms with Gasteiger partial charge in [-0.1, -0.05) is 13.8 Å². The first-order chi connectivity index (χ1) is 7.19. The quantitative estimate of drug-likeness (QED) is 0.732. The van der Waals surface area contributed by atoms with Gasteiger partial charge in [0.2, 0.25) is 11.8 Å². The summed E-state index contributed by atoms with van der Waals surface area (Å²) < 4.78 is 0. The number of nitrogens with zero attached hydrogens (tertiary/aromatic N) is 1. The van der Waals surface area contributed by atoms with Crippen molar-refractivity contribution in [3.8, 4) is 0 Å². The molecule has 1 fully saturated rings. The second kappa shape index (κ2) is 5.73. The highest BCUT2D eigenvalue weighted by atomic mass is 16.2. The van der Waals surface area contributed by atoms with Crippen LogP contribution in [0, 0.1) is 5.92 Å². The summed E-state index contributed by atoms with van der Waals surface area (Å²) in [5.74, 6) is 0.00828. The van der Waals surface area contributed by atoms with Crippen molar-refractivity contribution in [1.29, 1.82) is 0 Å². The molecule has 86 valence electrons. The Morgan fingerprint density at radius 1 is 1.40 bits per heavy atom. The fourth-order valence-corrected chi connectivity index (χ4v) is 1.91. The molecule has 1 rings (SSSR count). The molecule has 0 aromatic heterocycles. The van der Waals surface area contributed by atoms with Gasteiger partial charge in [0.25, 0.3) is 0 Å². The first-order valence-corrected chi connectivity index (χ1v) is 5.74. The topological polar surface area (TPSA) is 49.4 Å². The van der Waals surface area contributed by atoms with Crippen LogP contribution in [0.15, 0.2) is 0 Å². The Morgan fingerprint density at radius 2 is 2.00 bits per heavy atom. The van der Waals surface area contributed by atoms with E-state index in [4.69, 9.17) is 0 Å². The van der Waals surface area contributed by atoms with Crippen molar-refractivity contribution in [3.63, 3.8) is 0 Å². The summed E-state index contributed by atoms with van der Waals surface area (Å²) in [6.07, 6.45) is 2.31. The van der Waals surface area contributed by atoms with Gasteiger partial charge >= 0.3 is 0 Å². The van der Waals surface area contributed by atoms with Gasteiger partial charge in [0.05, 0.1) is 5.92 Å². The Balaban J connectivity index is 2.51. The van der Waals surface area contributed by atoms with E-state index in [-0.39, 0.29) is 17.7 Å². The zero-order chi connectivity index (χ0) is 11.3. The first-order valence-electron chi connectivity index (χ1n) is 5.74. The molecule has 4 heteroatoms. The van der Waals surface area contributed by atoms with Gasteiger partial charge in [-0.15, -0.1) is 0 Å². The second-order valence-corrected chi connectivity index (χ2v) is 4.03. The Hall–Kier alpha value is -1.06. The van der Waals surface area contributed by atoms with E-state index in [1.807, 2.05) is 4.90 Å². The van der Waals surface area contributed by atoms with E-state index < -0.39 is 0 Å². The molecule has 1 heterocycles. The fourth-order valence-electron chi connectivity index (χ4n) is 1.91. The molecule has 1 aliphatic rings. The second-order valence-electron chi connectivity index (χ2n) is 4.03. The van der Waals surface area contributed by atoms with Crippen LogP contribution in [0.1, 0.15) is 33.1 Å². The highest BCUT2D eigenvalue weighted by Crippen LogP contribution is 2.13. The number of nitrogens with one attached hydrogen (secondary N) is 1. The molecule has 1 unspecified atom stereocenters. The molecule has 0 bridgehead atoms. The number of amides is 2. The molecule has 2 amide bonds. The normalized spacial score (nSPS) is 20.1. The summed E-state index contributed by atoms with van der Waals surface area (Å²) in [4.78, 5) is 24.9. The first kappa shape index (κ1) is 12.0. The molecule has 15 heavy (non-hydrogen) atoms. The lowest BCUT2D eigenvalue weighted by atomic mass is 10.1. The van der Waals surface area contributed by atoms with Crippen molar-refractivity contribution in [2.75, 3.05) is 19.6 Å². The van der Waals surface area contributed by atoms with E-state index in [0.717, 1.165) is 25.9 Å². The van der Waals surface area contributed by atoms with Crippen LogP contribution >= 0.6 is 0 Å². The zero-order valence-electron chi connectivity index (χ0n) is 9.58. The number of carbonyl (C=O) groups excluding carboxylic acids is 2. The van der Waals surface area contributed by atoms with Gasteiger partial charge in [-0.05, 0) is 12.8 Å². The molecule has 0 spiro atoms.